The van der Waals surface area contributed by atoms with Crippen molar-refractivity contribution in [2.75, 3.05) is 22.9 Å². The second-order valence-corrected chi connectivity index (χ2v) is 11.0. The lowest BCUT2D eigenvalue weighted by atomic mass is 9.89. The summed E-state index contributed by atoms with van der Waals surface area (Å²) in [6.45, 7) is 4.74. The standard InChI is InChI=1S/C31H35F6N3O3.ClH/c1-3-39(11-7-6-10-29(41)42)27-16-23-9-5-4-8-22(23)15-24(27)19-40(28-12-20(2)38-43-28)18-21-13-25(30(32,33)34)17-26(14-21)31(35,36)37;/h12-17H,3-11,18-19H2,1-2H3,(H,41,42);1H. The van der Waals surface area contributed by atoms with Gasteiger partial charge in [0.1, 0.15) is 0 Å². The number of hydrogen-bond donors (Lipinski definition) is 1. The van der Waals surface area contributed by atoms with Gasteiger partial charge < -0.3 is 19.4 Å². The Morgan fingerprint density at radius 2 is 1.50 bits per heavy atom. The SMILES string of the molecule is CCN(CCCCC(=O)O)c1cc2c(cc1CN(Cc1cc(C(F)(F)F)cc(C(F)(F)F)c1)c1cc(C)no1)CCCC2.Cl. The summed E-state index contributed by atoms with van der Waals surface area (Å²) < 4.78 is 87.1. The van der Waals surface area contributed by atoms with E-state index in [2.05, 4.69) is 22.2 Å². The van der Waals surface area contributed by atoms with Crippen LogP contribution in [0.2, 0.25) is 0 Å². The van der Waals surface area contributed by atoms with E-state index in [0.29, 0.717) is 31.6 Å². The summed E-state index contributed by atoms with van der Waals surface area (Å²) in [6.07, 6.45) is -4.85. The zero-order valence-electron chi connectivity index (χ0n) is 24.5. The number of anilines is 2. The highest BCUT2D eigenvalue weighted by molar-refractivity contribution is 5.85. The minimum Gasteiger partial charge on any atom is -0.481 e. The topological polar surface area (TPSA) is 69.8 Å². The first kappa shape index (κ1) is 35.1. The molecule has 4 rings (SSSR count). The first-order valence-electron chi connectivity index (χ1n) is 14.3. The Balaban J connectivity index is 0.00000529. The van der Waals surface area contributed by atoms with E-state index in [0.717, 1.165) is 49.1 Å². The van der Waals surface area contributed by atoms with Gasteiger partial charge in [0.15, 0.2) is 0 Å². The number of nitrogens with zero attached hydrogens (tertiary/aromatic N) is 3. The van der Waals surface area contributed by atoms with Crippen molar-refractivity contribution in [1.82, 2.24) is 5.16 Å². The summed E-state index contributed by atoms with van der Waals surface area (Å²) >= 11 is 0. The van der Waals surface area contributed by atoms with E-state index >= 15 is 0 Å². The minimum atomic E-state index is -4.96. The molecule has 13 heteroatoms. The van der Waals surface area contributed by atoms with Gasteiger partial charge in [-0.25, -0.2) is 0 Å². The van der Waals surface area contributed by atoms with Gasteiger partial charge in [-0.1, -0.05) is 11.2 Å². The Labute approximate surface area is 258 Å². The van der Waals surface area contributed by atoms with Crippen LogP contribution in [0.3, 0.4) is 0 Å². The van der Waals surface area contributed by atoms with Crippen LogP contribution in [0, 0.1) is 6.92 Å². The molecule has 0 atom stereocenters. The van der Waals surface area contributed by atoms with Crippen molar-refractivity contribution in [3.05, 3.63) is 75.5 Å². The van der Waals surface area contributed by atoms with Gasteiger partial charge in [0.25, 0.3) is 0 Å². The second kappa shape index (κ2) is 14.6. The predicted octanol–water partition coefficient (Wildman–Crippen LogP) is 8.61. The summed E-state index contributed by atoms with van der Waals surface area (Å²) in [5, 5.41) is 12.9. The predicted molar refractivity (Wildman–Crippen MR) is 157 cm³/mol. The quantitative estimate of drug-likeness (QED) is 0.157. The van der Waals surface area contributed by atoms with Crippen molar-refractivity contribution in [3.8, 4) is 0 Å². The summed E-state index contributed by atoms with van der Waals surface area (Å²) in [7, 11) is 0. The number of carboxylic acids is 1. The van der Waals surface area contributed by atoms with Crippen molar-refractivity contribution in [3.63, 3.8) is 0 Å². The van der Waals surface area contributed by atoms with Crippen LogP contribution in [0.25, 0.3) is 0 Å². The molecule has 1 aliphatic rings. The third kappa shape index (κ3) is 9.06. The molecule has 242 valence electrons. The molecule has 44 heavy (non-hydrogen) atoms. The van der Waals surface area contributed by atoms with Gasteiger partial charge in [0.2, 0.25) is 5.88 Å². The number of unbranched alkanes of at least 4 members (excludes halogenated alkanes) is 1. The molecule has 0 unspecified atom stereocenters. The summed E-state index contributed by atoms with van der Waals surface area (Å²) in [4.78, 5) is 14.7. The summed E-state index contributed by atoms with van der Waals surface area (Å²) in [5.41, 5.74) is 1.72. The van der Waals surface area contributed by atoms with E-state index in [-0.39, 0.29) is 49.4 Å². The molecule has 2 aromatic carbocycles. The van der Waals surface area contributed by atoms with Gasteiger partial charge in [-0.3, -0.25) is 4.79 Å². The van der Waals surface area contributed by atoms with Crippen LogP contribution in [0.4, 0.5) is 37.9 Å². The second-order valence-electron chi connectivity index (χ2n) is 11.0. The first-order valence-corrected chi connectivity index (χ1v) is 14.3. The summed E-state index contributed by atoms with van der Waals surface area (Å²) in [6, 6.07) is 7.39. The zero-order chi connectivity index (χ0) is 31.4. The Morgan fingerprint density at radius 1 is 0.886 bits per heavy atom. The molecule has 0 fully saturated rings. The van der Waals surface area contributed by atoms with E-state index in [1.807, 2.05) is 6.92 Å². The smallest absolute Gasteiger partial charge is 0.416 e. The highest BCUT2D eigenvalue weighted by Gasteiger charge is 2.37. The molecule has 3 aromatic rings. The molecule has 0 bridgehead atoms. The molecular formula is C31H36ClF6N3O3. The Kier molecular flexibility index (Phi) is 11.6. The summed E-state index contributed by atoms with van der Waals surface area (Å²) in [5.74, 6) is -0.643. The molecular weight excluding hydrogens is 612 g/mol. The van der Waals surface area contributed by atoms with Gasteiger partial charge in [0.05, 0.1) is 16.8 Å². The third-order valence-electron chi connectivity index (χ3n) is 7.64. The molecule has 1 N–H and O–H groups in total. The van der Waals surface area contributed by atoms with Crippen molar-refractivity contribution in [2.45, 2.75) is 84.2 Å². The van der Waals surface area contributed by atoms with Crippen LogP contribution in [0.1, 0.15) is 78.1 Å². The highest BCUT2D eigenvalue weighted by Crippen LogP contribution is 2.38. The van der Waals surface area contributed by atoms with Gasteiger partial charge >= 0.3 is 18.3 Å². The molecule has 0 saturated carbocycles. The van der Waals surface area contributed by atoms with E-state index in [4.69, 9.17) is 9.63 Å². The Bertz CT molecular complexity index is 1390. The number of carboxylic acid groups (broad SMARTS) is 1. The molecule has 0 radical (unpaired) electrons. The van der Waals surface area contributed by atoms with Gasteiger partial charge in [-0.15, -0.1) is 12.4 Å². The van der Waals surface area contributed by atoms with Gasteiger partial charge in [-0.05, 0) is 98.9 Å². The molecule has 1 aliphatic carbocycles. The first-order chi connectivity index (χ1) is 20.2. The maximum Gasteiger partial charge on any atom is 0.416 e. The van der Waals surface area contributed by atoms with Gasteiger partial charge in [-0.2, -0.15) is 26.3 Å². The van der Waals surface area contributed by atoms with Crippen LogP contribution < -0.4 is 9.80 Å². The number of hydrogen-bond acceptors (Lipinski definition) is 5. The number of aliphatic carboxylic acids is 1. The van der Waals surface area contributed by atoms with E-state index in [1.165, 1.54) is 11.1 Å². The fraction of sp³-hybridized carbons (Fsp3) is 0.484. The lowest BCUT2D eigenvalue weighted by Gasteiger charge is -2.31. The fourth-order valence-electron chi connectivity index (χ4n) is 5.52. The van der Waals surface area contributed by atoms with E-state index in [9.17, 15) is 31.1 Å². The lowest BCUT2D eigenvalue weighted by Crippen LogP contribution is -2.29. The van der Waals surface area contributed by atoms with Crippen LogP contribution in [0.15, 0.2) is 40.9 Å². The fourth-order valence-corrected chi connectivity index (χ4v) is 5.52. The van der Waals surface area contributed by atoms with Crippen molar-refractivity contribution in [1.29, 1.82) is 0 Å². The van der Waals surface area contributed by atoms with Crippen molar-refractivity contribution < 1.29 is 40.8 Å². The number of rotatable bonds is 12. The van der Waals surface area contributed by atoms with Crippen molar-refractivity contribution in [2.24, 2.45) is 0 Å². The van der Waals surface area contributed by atoms with Crippen LogP contribution in [-0.2, 0) is 43.1 Å². The van der Waals surface area contributed by atoms with Crippen LogP contribution >= 0.6 is 12.4 Å². The molecule has 1 heterocycles. The van der Waals surface area contributed by atoms with Crippen LogP contribution in [-0.4, -0.2) is 29.3 Å². The molecule has 0 saturated heterocycles. The number of fused-ring (bicyclic) bond motifs is 1. The number of aryl methyl sites for hydroxylation is 3. The average molecular weight is 648 g/mol. The normalized spacial score (nSPS) is 13.3. The highest BCUT2D eigenvalue weighted by atomic mass is 35.5. The molecule has 0 spiro atoms. The number of benzene rings is 2. The largest absolute Gasteiger partial charge is 0.481 e. The third-order valence-corrected chi connectivity index (χ3v) is 7.64. The zero-order valence-corrected chi connectivity index (χ0v) is 25.3. The number of halogens is 7. The number of alkyl halides is 6. The molecule has 0 aliphatic heterocycles. The maximum absolute atomic E-state index is 13.6. The molecule has 0 amide bonds. The van der Waals surface area contributed by atoms with E-state index < -0.39 is 29.4 Å². The Hall–Kier alpha value is -3.41. The lowest BCUT2D eigenvalue weighted by molar-refractivity contribution is -0.143. The number of aromatic nitrogens is 1. The van der Waals surface area contributed by atoms with E-state index in [1.54, 1.807) is 17.9 Å². The Morgan fingerprint density at radius 3 is 2.02 bits per heavy atom. The average Bonchev–Trinajstić information content (AvgIpc) is 3.37. The maximum atomic E-state index is 13.6. The van der Waals surface area contributed by atoms with Gasteiger partial charge in [0, 0.05) is 44.4 Å². The number of carbonyl (C=O) groups is 1. The molecule has 6 nitrogen and oxygen atoms in total. The monoisotopic (exact) mass is 647 g/mol. The molecule has 1 aromatic heterocycles. The minimum absolute atomic E-state index is 0. The van der Waals surface area contributed by atoms with Crippen molar-refractivity contribution >= 4 is 29.9 Å². The van der Waals surface area contributed by atoms with Crippen LogP contribution in [0.5, 0.6) is 0 Å².